The molecule has 0 saturated carbocycles. The third-order valence-corrected chi connectivity index (χ3v) is 4.44. The molecule has 3 aliphatic rings. The summed E-state index contributed by atoms with van der Waals surface area (Å²) in [6.45, 7) is -2.20. The summed E-state index contributed by atoms with van der Waals surface area (Å²) in [4.78, 5) is 0. The summed E-state index contributed by atoms with van der Waals surface area (Å²) >= 11 is 0. The molecule has 8 atom stereocenters. The quantitative estimate of drug-likeness (QED) is 0.293. The molecule has 6 N–H and O–H groups in total. The summed E-state index contributed by atoms with van der Waals surface area (Å²) in [5.74, 6) is -3.74. The molecule has 10 heteroatoms. The van der Waals surface area contributed by atoms with Gasteiger partial charge in [-0.05, 0) is 0 Å². The molecule has 3 rings (SSSR count). The van der Waals surface area contributed by atoms with Crippen molar-refractivity contribution in [2.45, 2.75) is 48.2 Å². The average molecular weight is 324 g/mol. The van der Waals surface area contributed by atoms with Gasteiger partial charge in [-0.15, -0.1) is 0 Å². The average Bonchev–Trinajstić information content (AvgIpc) is 2.91. The van der Waals surface area contributed by atoms with E-state index in [4.69, 9.17) is 18.9 Å². The molecule has 10 nitrogen and oxygen atoms in total. The predicted molar refractivity (Wildman–Crippen MR) is 65.3 cm³/mol. The van der Waals surface area contributed by atoms with Gasteiger partial charge in [0.2, 0.25) is 11.6 Å². The summed E-state index contributed by atoms with van der Waals surface area (Å²) in [7, 11) is 0. The molecule has 4 bridgehead atoms. The topological polar surface area (TPSA) is 158 Å². The van der Waals surface area contributed by atoms with Crippen LogP contribution in [-0.4, -0.2) is 105 Å². The third kappa shape index (κ3) is 2.19. The molecule has 3 fully saturated rings. The number of fused-ring (bicyclic) bond motifs is 4. The largest absolute Gasteiger partial charge is 0.391 e. The first kappa shape index (κ1) is 16.5. The molecule has 0 amide bonds. The number of hydrogen-bond acceptors (Lipinski definition) is 10. The Labute approximate surface area is 125 Å². The SMILES string of the molecule is OC[C@@]12OC[C@H]3O[C@@](CO)(OC[C@@H](O1)[C@@H](O)[C@@H]2O)[C@@H](O)[C@@H]3O. The maximum absolute atomic E-state index is 10.0. The second-order valence-electron chi connectivity index (χ2n) is 5.75. The van der Waals surface area contributed by atoms with Gasteiger partial charge >= 0.3 is 0 Å². The molecule has 3 aliphatic heterocycles. The lowest BCUT2D eigenvalue weighted by atomic mass is 10.0. The van der Waals surface area contributed by atoms with Gasteiger partial charge in [0.25, 0.3) is 0 Å². The van der Waals surface area contributed by atoms with Crippen LogP contribution in [0.4, 0.5) is 0 Å². The Morgan fingerprint density at radius 3 is 1.41 bits per heavy atom. The van der Waals surface area contributed by atoms with E-state index in [0.717, 1.165) is 0 Å². The third-order valence-electron chi connectivity index (χ3n) is 4.44. The van der Waals surface area contributed by atoms with E-state index in [1.807, 2.05) is 0 Å². The van der Waals surface area contributed by atoms with E-state index >= 15 is 0 Å². The monoisotopic (exact) mass is 324 g/mol. The van der Waals surface area contributed by atoms with Crippen LogP contribution in [0.1, 0.15) is 0 Å². The molecular weight excluding hydrogens is 304 g/mol. The number of aliphatic hydroxyl groups excluding tert-OH is 6. The number of rotatable bonds is 2. The summed E-state index contributed by atoms with van der Waals surface area (Å²) in [5.41, 5.74) is 0. The molecule has 0 spiro atoms. The Kier molecular flexibility index (Phi) is 4.19. The lowest BCUT2D eigenvalue weighted by molar-refractivity contribution is -0.328. The molecule has 0 aromatic carbocycles. The van der Waals surface area contributed by atoms with Crippen molar-refractivity contribution < 1.29 is 49.6 Å². The van der Waals surface area contributed by atoms with Gasteiger partial charge in [0.15, 0.2) is 0 Å². The minimum atomic E-state index is -1.87. The molecule has 0 aromatic heterocycles. The minimum absolute atomic E-state index is 0.361. The normalized spacial score (nSPS) is 55.4. The standard InChI is InChI=1S/C12H20O10/c13-3-11-10(18)8(16)6(22-11)2-20-12(4-14)9(17)7(15)5(21-12)1-19-11/h5-10,13-18H,1-4H2/t5-,6-,7-,8-,9+,10+,11-,12-/m1/s1. The van der Waals surface area contributed by atoms with Gasteiger partial charge in [-0.2, -0.15) is 0 Å². The highest BCUT2D eigenvalue weighted by atomic mass is 16.8. The van der Waals surface area contributed by atoms with Crippen molar-refractivity contribution in [1.82, 2.24) is 0 Å². The van der Waals surface area contributed by atoms with Gasteiger partial charge in [-0.3, -0.25) is 0 Å². The van der Waals surface area contributed by atoms with E-state index in [1.54, 1.807) is 0 Å². The zero-order valence-corrected chi connectivity index (χ0v) is 11.6. The predicted octanol–water partition coefficient (Wildman–Crippen LogP) is -4.35. The van der Waals surface area contributed by atoms with Crippen molar-refractivity contribution in [3.63, 3.8) is 0 Å². The molecule has 3 saturated heterocycles. The van der Waals surface area contributed by atoms with Gasteiger partial charge in [-0.1, -0.05) is 0 Å². The van der Waals surface area contributed by atoms with Gasteiger partial charge in [0, 0.05) is 0 Å². The molecular formula is C12H20O10. The van der Waals surface area contributed by atoms with Gasteiger partial charge in [-0.25, -0.2) is 0 Å². The molecule has 3 heterocycles. The zero-order valence-electron chi connectivity index (χ0n) is 11.6. The second-order valence-corrected chi connectivity index (χ2v) is 5.75. The number of aliphatic hydroxyl groups is 6. The van der Waals surface area contributed by atoms with E-state index in [-0.39, 0.29) is 13.2 Å². The van der Waals surface area contributed by atoms with Crippen molar-refractivity contribution in [1.29, 1.82) is 0 Å². The fourth-order valence-electron chi connectivity index (χ4n) is 3.02. The fourth-order valence-corrected chi connectivity index (χ4v) is 3.02. The molecule has 0 unspecified atom stereocenters. The van der Waals surface area contributed by atoms with Crippen molar-refractivity contribution in [2.24, 2.45) is 0 Å². The van der Waals surface area contributed by atoms with Crippen LogP contribution in [0.2, 0.25) is 0 Å². The number of hydrogen-bond donors (Lipinski definition) is 6. The van der Waals surface area contributed by atoms with Crippen molar-refractivity contribution in [2.75, 3.05) is 26.4 Å². The lowest BCUT2D eigenvalue weighted by Gasteiger charge is -2.34. The first-order valence-corrected chi connectivity index (χ1v) is 6.96. The first-order chi connectivity index (χ1) is 10.4. The summed E-state index contributed by atoms with van der Waals surface area (Å²) < 4.78 is 21.5. The van der Waals surface area contributed by atoms with E-state index in [1.165, 1.54) is 0 Å². The molecule has 128 valence electrons. The highest BCUT2D eigenvalue weighted by molar-refractivity contribution is 5.01. The van der Waals surface area contributed by atoms with Crippen LogP contribution >= 0.6 is 0 Å². The summed E-state index contributed by atoms with van der Waals surface area (Å²) in [6, 6.07) is 0. The molecule has 0 aliphatic carbocycles. The highest BCUT2D eigenvalue weighted by Gasteiger charge is 2.61. The minimum Gasteiger partial charge on any atom is -0.391 e. The number of ether oxygens (including phenoxy) is 4. The van der Waals surface area contributed by atoms with E-state index in [0.29, 0.717) is 0 Å². The Balaban J connectivity index is 1.90. The molecule has 0 aromatic rings. The highest BCUT2D eigenvalue weighted by Crippen LogP contribution is 2.39. The lowest BCUT2D eigenvalue weighted by Crippen LogP contribution is -2.50. The van der Waals surface area contributed by atoms with E-state index < -0.39 is 61.4 Å². The van der Waals surface area contributed by atoms with Crippen LogP contribution in [0.3, 0.4) is 0 Å². The molecule has 22 heavy (non-hydrogen) atoms. The van der Waals surface area contributed by atoms with Crippen molar-refractivity contribution >= 4 is 0 Å². The van der Waals surface area contributed by atoms with Gasteiger partial charge in [0.1, 0.15) is 49.8 Å². The summed E-state index contributed by atoms with van der Waals surface area (Å²) in [5, 5.41) is 59.0. The van der Waals surface area contributed by atoms with E-state index in [9.17, 15) is 30.6 Å². The van der Waals surface area contributed by atoms with Gasteiger partial charge < -0.3 is 49.6 Å². The Hall–Kier alpha value is -0.400. The molecule has 0 radical (unpaired) electrons. The maximum atomic E-state index is 10.0. The van der Waals surface area contributed by atoms with Crippen molar-refractivity contribution in [3.05, 3.63) is 0 Å². The van der Waals surface area contributed by atoms with Crippen LogP contribution < -0.4 is 0 Å². The van der Waals surface area contributed by atoms with Crippen molar-refractivity contribution in [3.8, 4) is 0 Å². The summed E-state index contributed by atoms with van der Waals surface area (Å²) in [6.07, 6.45) is -8.01. The van der Waals surface area contributed by atoms with Crippen LogP contribution in [0.25, 0.3) is 0 Å². The Morgan fingerprint density at radius 2 is 1.09 bits per heavy atom. The van der Waals surface area contributed by atoms with Crippen LogP contribution in [0, 0.1) is 0 Å². The Bertz CT molecular complexity index is 383. The zero-order chi connectivity index (χ0) is 16.1. The second kappa shape index (κ2) is 5.60. The smallest absolute Gasteiger partial charge is 0.221 e. The first-order valence-electron chi connectivity index (χ1n) is 6.96. The van der Waals surface area contributed by atoms with E-state index in [2.05, 4.69) is 0 Å². The van der Waals surface area contributed by atoms with Crippen LogP contribution in [0.15, 0.2) is 0 Å². The van der Waals surface area contributed by atoms with Crippen LogP contribution in [0.5, 0.6) is 0 Å². The maximum Gasteiger partial charge on any atom is 0.221 e. The van der Waals surface area contributed by atoms with Crippen LogP contribution in [-0.2, 0) is 18.9 Å². The fraction of sp³-hybridized carbons (Fsp3) is 1.00. The van der Waals surface area contributed by atoms with Gasteiger partial charge in [0.05, 0.1) is 13.2 Å². The Morgan fingerprint density at radius 1 is 0.727 bits per heavy atom.